The summed E-state index contributed by atoms with van der Waals surface area (Å²) in [5.41, 5.74) is 8.38. The van der Waals surface area contributed by atoms with Crippen molar-refractivity contribution >= 4 is 68.7 Å². The Balaban J connectivity index is 1.68. The zero-order valence-corrected chi connectivity index (χ0v) is 23.2. The van der Waals surface area contributed by atoms with E-state index in [2.05, 4.69) is 31.7 Å². The lowest BCUT2D eigenvalue weighted by molar-refractivity contribution is 0.0697. The first kappa shape index (κ1) is 28.1. The van der Waals surface area contributed by atoms with Crippen LogP contribution in [0.1, 0.15) is 24.2 Å². The van der Waals surface area contributed by atoms with E-state index in [0.29, 0.717) is 49.9 Å². The Hall–Kier alpha value is -4.88. The molecule has 1 aliphatic heterocycles. The van der Waals surface area contributed by atoms with Crippen molar-refractivity contribution in [1.82, 2.24) is 16.2 Å². The fourth-order valence-corrected chi connectivity index (χ4v) is 4.02. The molecule has 4 rings (SSSR count). The zero-order chi connectivity index (χ0) is 29.0. The van der Waals surface area contributed by atoms with Crippen LogP contribution < -0.4 is 26.9 Å². The standard InChI is InChI=1S/C27H24N6O5S2/c1-13(30-32-26(39)28-3)14(2)31-33-27(40)29-15-4-7-18(21(10-15)25(36)37)24-19-8-5-16(34)11-22(19)38-23-12-17(35)6-9-20(23)24/h4-12,34H,1-3H3,(H,36,37)(H2,28,32,39)(H2,29,33,40)/b30-13+,31-14+. The van der Waals surface area contributed by atoms with Crippen molar-refractivity contribution in [1.29, 1.82) is 0 Å². The molecule has 1 heterocycles. The number of nitrogens with one attached hydrogen (secondary N) is 4. The number of anilines is 1. The molecule has 11 nitrogen and oxygen atoms in total. The highest BCUT2D eigenvalue weighted by molar-refractivity contribution is 7.80. The van der Waals surface area contributed by atoms with Crippen molar-refractivity contribution in [2.75, 3.05) is 12.4 Å². The van der Waals surface area contributed by atoms with E-state index in [1.54, 1.807) is 45.2 Å². The number of fused-ring (bicyclic) bond motifs is 2. The Morgan fingerprint density at radius 3 is 2.25 bits per heavy atom. The molecule has 40 heavy (non-hydrogen) atoms. The highest BCUT2D eigenvalue weighted by Gasteiger charge is 2.22. The lowest BCUT2D eigenvalue weighted by atomic mass is 9.90. The summed E-state index contributed by atoms with van der Waals surface area (Å²) < 4.78 is 5.86. The van der Waals surface area contributed by atoms with Gasteiger partial charge in [-0.3, -0.25) is 15.6 Å². The van der Waals surface area contributed by atoms with Crippen LogP contribution in [0.5, 0.6) is 5.75 Å². The molecule has 0 aromatic heterocycles. The number of hydrazone groups is 2. The summed E-state index contributed by atoms with van der Waals surface area (Å²) in [7, 11) is 1.67. The fraction of sp³-hybridized carbons (Fsp3) is 0.111. The van der Waals surface area contributed by atoms with E-state index in [9.17, 15) is 19.8 Å². The van der Waals surface area contributed by atoms with Gasteiger partial charge in [0.1, 0.15) is 17.1 Å². The third kappa shape index (κ3) is 6.22. The summed E-state index contributed by atoms with van der Waals surface area (Å²) in [5, 5.41) is 35.1. The monoisotopic (exact) mass is 576 g/mol. The molecular weight excluding hydrogens is 552 g/mol. The number of carboxylic acid groups (broad SMARTS) is 1. The van der Waals surface area contributed by atoms with Gasteiger partial charge in [0.2, 0.25) is 0 Å². The first-order valence-corrected chi connectivity index (χ1v) is 12.6. The van der Waals surface area contributed by atoms with Crippen molar-refractivity contribution in [2.45, 2.75) is 13.8 Å². The number of phenols is 1. The van der Waals surface area contributed by atoms with Crippen LogP contribution in [0, 0.1) is 0 Å². The summed E-state index contributed by atoms with van der Waals surface area (Å²) in [6, 6.07) is 13.6. The molecule has 0 saturated carbocycles. The highest BCUT2D eigenvalue weighted by atomic mass is 32.1. The van der Waals surface area contributed by atoms with E-state index in [1.807, 2.05) is 0 Å². The molecule has 0 atom stereocenters. The normalized spacial score (nSPS) is 11.8. The van der Waals surface area contributed by atoms with E-state index in [-0.39, 0.29) is 27.6 Å². The van der Waals surface area contributed by atoms with Crippen molar-refractivity contribution in [3.8, 4) is 28.2 Å². The van der Waals surface area contributed by atoms with Crippen LogP contribution in [-0.2, 0) is 0 Å². The van der Waals surface area contributed by atoms with Gasteiger partial charge in [0, 0.05) is 41.4 Å². The number of thiocarbonyl (C=S) groups is 2. The molecule has 1 aliphatic carbocycles. The van der Waals surface area contributed by atoms with Crippen LogP contribution in [0.25, 0.3) is 33.4 Å². The van der Waals surface area contributed by atoms with Crippen molar-refractivity contribution in [3.63, 3.8) is 0 Å². The SMILES string of the molecule is CNC(=S)N/N=C(C)/C(C)=N/NC(=S)Nc1ccc(-c2c3ccc(=O)cc-3oc3cc(O)ccc23)c(C(=O)O)c1. The van der Waals surface area contributed by atoms with Gasteiger partial charge in [-0.05, 0) is 80.2 Å². The number of aromatic carboxylic acids is 1. The Bertz CT molecular complexity index is 1750. The second-order valence-electron chi connectivity index (χ2n) is 8.53. The van der Waals surface area contributed by atoms with E-state index >= 15 is 0 Å². The molecule has 2 aromatic rings. The predicted octanol–water partition coefficient (Wildman–Crippen LogP) is 4.10. The minimum Gasteiger partial charge on any atom is -0.508 e. The zero-order valence-electron chi connectivity index (χ0n) is 21.5. The Labute approximate surface area is 238 Å². The summed E-state index contributed by atoms with van der Waals surface area (Å²) in [6.07, 6.45) is 0. The fourth-order valence-electron chi connectivity index (χ4n) is 3.81. The molecule has 0 spiro atoms. The molecular formula is C27H24N6O5S2. The Morgan fingerprint density at radius 2 is 1.57 bits per heavy atom. The van der Waals surface area contributed by atoms with Gasteiger partial charge in [-0.2, -0.15) is 10.2 Å². The quantitative estimate of drug-likeness (QED) is 0.0849. The van der Waals surface area contributed by atoms with Gasteiger partial charge in [0.05, 0.1) is 17.0 Å². The summed E-state index contributed by atoms with van der Waals surface area (Å²) in [5.74, 6) is -0.943. The maximum absolute atomic E-state index is 12.4. The molecule has 13 heteroatoms. The van der Waals surface area contributed by atoms with E-state index < -0.39 is 5.97 Å². The minimum absolute atomic E-state index is 0.0184. The van der Waals surface area contributed by atoms with Crippen LogP contribution in [0.2, 0.25) is 0 Å². The van der Waals surface area contributed by atoms with E-state index in [1.165, 1.54) is 30.3 Å². The van der Waals surface area contributed by atoms with E-state index in [0.717, 1.165) is 0 Å². The summed E-state index contributed by atoms with van der Waals surface area (Å²) >= 11 is 10.3. The number of benzene rings is 3. The van der Waals surface area contributed by atoms with Crippen LogP contribution in [0.15, 0.2) is 74.0 Å². The van der Waals surface area contributed by atoms with E-state index in [4.69, 9.17) is 28.9 Å². The maximum atomic E-state index is 12.4. The number of hydrogen-bond donors (Lipinski definition) is 6. The average Bonchev–Trinajstić information content (AvgIpc) is 2.92. The summed E-state index contributed by atoms with van der Waals surface area (Å²) in [6.45, 7) is 3.47. The van der Waals surface area contributed by atoms with Crippen molar-refractivity contribution in [2.24, 2.45) is 10.2 Å². The highest BCUT2D eigenvalue weighted by Crippen LogP contribution is 2.42. The predicted molar refractivity (Wildman–Crippen MR) is 164 cm³/mol. The molecule has 0 unspecified atom stereocenters. The van der Waals surface area contributed by atoms with Gasteiger partial charge in [-0.1, -0.05) is 6.07 Å². The van der Waals surface area contributed by atoms with Crippen LogP contribution in [0.3, 0.4) is 0 Å². The number of rotatable bonds is 6. The van der Waals surface area contributed by atoms with Gasteiger partial charge < -0.3 is 25.3 Å². The minimum atomic E-state index is -1.17. The molecule has 0 radical (unpaired) electrons. The molecule has 0 bridgehead atoms. The molecule has 204 valence electrons. The third-order valence-corrected chi connectivity index (χ3v) is 6.34. The smallest absolute Gasteiger partial charge is 0.336 e. The number of aromatic hydroxyl groups is 1. The molecule has 0 amide bonds. The van der Waals surface area contributed by atoms with Gasteiger partial charge >= 0.3 is 5.97 Å². The Morgan fingerprint density at radius 1 is 0.900 bits per heavy atom. The van der Waals surface area contributed by atoms with Gasteiger partial charge in [-0.25, -0.2) is 4.79 Å². The second kappa shape index (κ2) is 11.9. The lowest BCUT2D eigenvalue weighted by Crippen LogP contribution is -2.30. The van der Waals surface area contributed by atoms with Gasteiger partial charge in [0.15, 0.2) is 15.7 Å². The molecule has 2 aliphatic rings. The Kier molecular flexibility index (Phi) is 8.36. The van der Waals surface area contributed by atoms with Gasteiger partial charge in [-0.15, -0.1) is 0 Å². The number of phenolic OH excluding ortho intramolecular Hbond substituents is 1. The molecule has 6 N–H and O–H groups in total. The topological polar surface area (TPSA) is 161 Å². The second-order valence-corrected chi connectivity index (χ2v) is 9.35. The number of nitrogens with zero attached hydrogens (tertiary/aromatic N) is 2. The lowest BCUT2D eigenvalue weighted by Gasteiger charge is -2.17. The number of carboxylic acids is 1. The first-order chi connectivity index (χ1) is 19.1. The average molecular weight is 577 g/mol. The van der Waals surface area contributed by atoms with Crippen molar-refractivity contribution in [3.05, 3.63) is 70.4 Å². The molecule has 0 fully saturated rings. The third-order valence-electron chi connectivity index (χ3n) is 5.86. The van der Waals surface area contributed by atoms with Crippen LogP contribution >= 0.6 is 24.4 Å². The molecule has 0 saturated heterocycles. The number of hydrogen-bond acceptors (Lipinski definition) is 8. The summed E-state index contributed by atoms with van der Waals surface area (Å²) in [4.78, 5) is 24.4. The van der Waals surface area contributed by atoms with Crippen LogP contribution in [-0.4, -0.2) is 44.9 Å². The van der Waals surface area contributed by atoms with Gasteiger partial charge in [0.25, 0.3) is 0 Å². The molecule has 2 aromatic carbocycles. The first-order valence-electron chi connectivity index (χ1n) is 11.8. The maximum Gasteiger partial charge on any atom is 0.336 e. The van der Waals surface area contributed by atoms with Crippen LogP contribution in [0.4, 0.5) is 5.69 Å². The number of carbonyl (C=O) groups is 1. The largest absolute Gasteiger partial charge is 0.508 e. The van der Waals surface area contributed by atoms with Crippen molar-refractivity contribution < 1.29 is 19.4 Å².